The molecule has 6 heteroatoms. The van der Waals surface area contributed by atoms with E-state index in [0.717, 1.165) is 48.4 Å². The number of aliphatic hydroxyl groups is 1. The van der Waals surface area contributed by atoms with Gasteiger partial charge in [-0.1, -0.05) is 18.2 Å². The summed E-state index contributed by atoms with van der Waals surface area (Å²) in [5.74, 6) is 1.03. The summed E-state index contributed by atoms with van der Waals surface area (Å²) >= 11 is 0. The van der Waals surface area contributed by atoms with E-state index in [1.54, 1.807) is 0 Å². The number of aliphatic hydroxyl groups excluding tert-OH is 1. The van der Waals surface area contributed by atoms with Crippen LogP contribution in [0.3, 0.4) is 0 Å². The number of aromatic nitrogens is 2. The van der Waals surface area contributed by atoms with Crippen LogP contribution < -0.4 is 4.74 Å². The zero-order valence-corrected chi connectivity index (χ0v) is 15.1. The smallest absolute Gasteiger partial charge is 0.226 e. The van der Waals surface area contributed by atoms with Gasteiger partial charge >= 0.3 is 0 Å². The molecule has 6 nitrogen and oxygen atoms in total. The molecule has 0 saturated heterocycles. The maximum absolute atomic E-state index is 13.2. The minimum Gasteiger partial charge on any atom is -0.493 e. The number of rotatable bonds is 3. The van der Waals surface area contributed by atoms with Gasteiger partial charge in [-0.05, 0) is 31.4 Å². The number of carbonyl (C=O) groups excluding carboxylic acids is 1. The van der Waals surface area contributed by atoms with Crippen molar-refractivity contribution in [2.75, 3.05) is 13.2 Å². The van der Waals surface area contributed by atoms with Crippen molar-refractivity contribution < 1.29 is 14.6 Å². The fraction of sp³-hybridized carbons (Fsp3) is 0.500. The maximum Gasteiger partial charge on any atom is 0.226 e. The van der Waals surface area contributed by atoms with Crippen molar-refractivity contribution in [2.45, 2.75) is 45.9 Å². The van der Waals surface area contributed by atoms with Gasteiger partial charge in [-0.15, -0.1) is 0 Å². The highest BCUT2D eigenvalue weighted by Crippen LogP contribution is 2.30. The van der Waals surface area contributed by atoms with Gasteiger partial charge in [-0.25, -0.2) is 0 Å². The Hall–Kier alpha value is -2.34. The number of hydrogen-bond donors (Lipinski definition) is 1. The third-order valence-corrected chi connectivity index (χ3v) is 5.49. The zero-order valence-electron chi connectivity index (χ0n) is 15.1. The summed E-state index contributed by atoms with van der Waals surface area (Å²) < 4.78 is 7.77. The van der Waals surface area contributed by atoms with Crippen molar-refractivity contribution in [3.8, 4) is 5.75 Å². The Balaban J connectivity index is 1.54. The summed E-state index contributed by atoms with van der Waals surface area (Å²) in [4.78, 5) is 15.1. The van der Waals surface area contributed by atoms with E-state index in [1.165, 1.54) is 0 Å². The summed E-state index contributed by atoms with van der Waals surface area (Å²) in [7, 11) is 0. The lowest BCUT2D eigenvalue weighted by atomic mass is 9.94. The van der Waals surface area contributed by atoms with E-state index in [1.807, 2.05) is 33.8 Å². The van der Waals surface area contributed by atoms with E-state index in [4.69, 9.17) is 4.74 Å². The van der Waals surface area contributed by atoms with Gasteiger partial charge in [0.15, 0.2) is 0 Å². The highest BCUT2D eigenvalue weighted by Gasteiger charge is 2.32. The molecule has 2 aliphatic rings. The molecule has 1 amide bonds. The Labute approximate surface area is 153 Å². The van der Waals surface area contributed by atoms with Crippen molar-refractivity contribution in [3.05, 3.63) is 46.8 Å². The number of carbonyl (C=O) groups is 1. The van der Waals surface area contributed by atoms with Gasteiger partial charge in [0.1, 0.15) is 5.75 Å². The van der Waals surface area contributed by atoms with Crippen LogP contribution in [0.2, 0.25) is 0 Å². The van der Waals surface area contributed by atoms with Crippen LogP contribution in [0.4, 0.5) is 0 Å². The topological polar surface area (TPSA) is 67.6 Å². The first kappa shape index (κ1) is 17.1. The molecule has 0 radical (unpaired) electrons. The van der Waals surface area contributed by atoms with Gasteiger partial charge in [0.25, 0.3) is 0 Å². The van der Waals surface area contributed by atoms with Crippen molar-refractivity contribution in [1.82, 2.24) is 14.7 Å². The van der Waals surface area contributed by atoms with Crippen molar-refractivity contribution in [1.29, 1.82) is 0 Å². The number of amides is 1. The number of fused-ring (bicyclic) bond motifs is 2. The Kier molecular flexibility index (Phi) is 4.68. The fourth-order valence-corrected chi connectivity index (χ4v) is 4.10. The molecule has 1 aromatic carbocycles. The molecular weight excluding hydrogens is 330 g/mol. The molecule has 0 saturated carbocycles. The van der Waals surface area contributed by atoms with Crippen LogP contribution in [0.1, 0.15) is 35.9 Å². The van der Waals surface area contributed by atoms with Gasteiger partial charge in [0, 0.05) is 43.2 Å². The fourth-order valence-electron chi connectivity index (χ4n) is 4.10. The molecule has 0 fully saturated rings. The number of para-hydroxylation sites is 1. The van der Waals surface area contributed by atoms with Crippen LogP contribution in [0, 0.1) is 5.92 Å². The molecule has 2 aromatic rings. The quantitative estimate of drug-likeness (QED) is 0.913. The molecule has 1 N–H and O–H groups in total. The lowest BCUT2D eigenvalue weighted by molar-refractivity contribution is -0.136. The second kappa shape index (κ2) is 7.11. The minimum atomic E-state index is -0.0813. The molecule has 0 bridgehead atoms. The largest absolute Gasteiger partial charge is 0.493 e. The van der Waals surface area contributed by atoms with Gasteiger partial charge in [-0.3, -0.25) is 9.48 Å². The summed E-state index contributed by atoms with van der Waals surface area (Å²) in [6.07, 6.45) is 2.25. The lowest BCUT2D eigenvalue weighted by Crippen LogP contribution is -2.41. The molecule has 1 atom stereocenters. The van der Waals surface area contributed by atoms with E-state index < -0.39 is 0 Å². The Morgan fingerprint density at radius 2 is 2.23 bits per heavy atom. The molecule has 138 valence electrons. The lowest BCUT2D eigenvalue weighted by Gasteiger charge is -2.30. The van der Waals surface area contributed by atoms with Crippen LogP contribution in [0.25, 0.3) is 0 Å². The second-order valence-corrected chi connectivity index (χ2v) is 7.00. The molecule has 0 spiro atoms. The zero-order chi connectivity index (χ0) is 18.1. The highest BCUT2D eigenvalue weighted by molar-refractivity contribution is 5.79. The molecule has 4 rings (SSSR count). The van der Waals surface area contributed by atoms with E-state index in [-0.39, 0.29) is 18.4 Å². The molecule has 26 heavy (non-hydrogen) atoms. The number of hydrogen-bond acceptors (Lipinski definition) is 4. The Bertz CT molecular complexity index is 815. The van der Waals surface area contributed by atoms with Crippen LogP contribution >= 0.6 is 0 Å². The van der Waals surface area contributed by atoms with E-state index in [2.05, 4.69) is 12.0 Å². The monoisotopic (exact) mass is 355 g/mol. The van der Waals surface area contributed by atoms with E-state index in [0.29, 0.717) is 25.4 Å². The van der Waals surface area contributed by atoms with Gasteiger partial charge < -0.3 is 14.7 Å². The predicted molar refractivity (Wildman–Crippen MR) is 96.7 cm³/mol. The van der Waals surface area contributed by atoms with Crippen molar-refractivity contribution in [3.63, 3.8) is 0 Å². The molecule has 3 heterocycles. The summed E-state index contributed by atoms with van der Waals surface area (Å²) in [6.45, 7) is 4.58. The van der Waals surface area contributed by atoms with Gasteiger partial charge in [0.05, 0.1) is 18.9 Å². The Morgan fingerprint density at radius 1 is 1.38 bits per heavy atom. The van der Waals surface area contributed by atoms with Crippen LogP contribution in [0.15, 0.2) is 24.3 Å². The van der Waals surface area contributed by atoms with E-state index in [9.17, 15) is 9.90 Å². The standard InChI is InChI=1S/C20H25N3O3/c1-2-23-18-7-9-22(12-16(18)17(13-24)21-23)20(25)15-8-10-26-19-6-4-3-5-14(19)11-15/h3-6,15,24H,2,7-13H2,1H3. The van der Waals surface area contributed by atoms with Crippen molar-refractivity contribution >= 4 is 5.91 Å². The van der Waals surface area contributed by atoms with Crippen LogP contribution in [-0.2, 0) is 37.3 Å². The number of aryl methyl sites for hydroxylation is 1. The number of ether oxygens (including phenoxy) is 1. The Morgan fingerprint density at radius 3 is 3.04 bits per heavy atom. The molecule has 2 aliphatic heterocycles. The summed E-state index contributed by atoms with van der Waals surface area (Å²) in [6, 6.07) is 7.98. The first-order valence-corrected chi connectivity index (χ1v) is 9.39. The van der Waals surface area contributed by atoms with Gasteiger partial charge in [-0.2, -0.15) is 5.10 Å². The highest BCUT2D eigenvalue weighted by atomic mass is 16.5. The minimum absolute atomic E-state index is 0.0565. The summed E-state index contributed by atoms with van der Waals surface area (Å²) in [5.41, 5.74) is 4.00. The number of nitrogens with zero attached hydrogens (tertiary/aromatic N) is 3. The second-order valence-electron chi connectivity index (χ2n) is 7.00. The van der Waals surface area contributed by atoms with Crippen LogP contribution in [0.5, 0.6) is 5.75 Å². The predicted octanol–water partition coefficient (Wildman–Crippen LogP) is 1.92. The maximum atomic E-state index is 13.2. The third-order valence-electron chi connectivity index (χ3n) is 5.49. The van der Waals surface area contributed by atoms with Gasteiger partial charge in [0.2, 0.25) is 5.91 Å². The van der Waals surface area contributed by atoms with Crippen LogP contribution in [-0.4, -0.2) is 38.8 Å². The average Bonchev–Trinajstić information content (AvgIpc) is 2.89. The van der Waals surface area contributed by atoms with E-state index >= 15 is 0 Å². The third kappa shape index (κ3) is 2.98. The molecule has 1 aromatic heterocycles. The normalized spacial score (nSPS) is 19.3. The number of benzene rings is 1. The SMILES string of the molecule is CCn1nc(CO)c2c1CCN(C(=O)C1CCOc3ccccc3C1)C2. The molecule has 1 unspecified atom stereocenters. The van der Waals surface area contributed by atoms with Crippen molar-refractivity contribution in [2.24, 2.45) is 5.92 Å². The average molecular weight is 355 g/mol. The molecule has 0 aliphatic carbocycles. The molecular formula is C20H25N3O3. The first-order chi connectivity index (χ1) is 12.7. The summed E-state index contributed by atoms with van der Waals surface area (Å²) in [5, 5.41) is 14.1. The first-order valence-electron chi connectivity index (χ1n) is 9.39.